The van der Waals surface area contributed by atoms with E-state index in [9.17, 15) is 8.42 Å². The molecule has 1 aromatic rings. The van der Waals surface area contributed by atoms with Gasteiger partial charge in [-0.3, -0.25) is 0 Å². The van der Waals surface area contributed by atoms with Gasteiger partial charge in [0.15, 0.2) is 10.7 Å². The second-order valence-corrected chi connectivity index (χ2v) is 7.85. The average molecular weight is 304 g/mol. The second kappa shape index (κ2) is 5.64. The summed E-state index contributed by atoms with van der Waals surface area (Å²) in [5.74, 6) is 0.0806. The molecule has 0 amide bonds. The first-order chi connectivity index (χ1) is 8.93. The molecule has 0 spiro atoms. The number of nitrogens with two attached hydrogens (primary N) is 1. The van der Waals surface area contributed by atoms with E-state index in [0.717, 1.165) is 24.4 Å². The van der Waals surface area contributed by atoms with E-state index in [0.29, 0.717) is 11.0 Å². The van der Waals surface area contributed by atoms with Crippen LogP contribution in [0.2, 0.25) is 0 Å². The molecule has 1 fully saturated rings. The van der Waals surface area contributed by atoms with Crippen LogP contribution in [0.25, 0.3) is 0 Å². The van der Waals surface area contributed by atoms with Gasteiger partial charge in [0.1, 0.15) is 5.00 Å². The molecule has 1 saturated carbocycles. The lowest BCUT2D eigenvalue weighted by molar-refractivity contribution is 0.462. The molecule has 1 aliphatic carbocycles. The third kappa shape index (κ3) is 3.01. The van der Waals surface area contributed by atoms with Gasteiger partial charge in [-0.05, 0) is 24.4 Å². The van der Waals surface area contributed by atoms with Crippen molar-refractivity contribution in [3.05, 3.63) is 0 Å². The molecular formula is C11H20N4O2S2. The van der Waals surface area contributed by atoms with Gasteiger partial charge in [0.05, 0.1) is 0 Å². The Kier molecular flexibility index (Phi) is 4.32. The summed E-state index contributed by atoms with van der Waals surface area (Å²) in [6.45, 7) is 0. The maximum atomic E-state index is 12.2. The van der Waals surface area contributed by atoms with Gasteiger partial charge in [-0.25, -0.2) is 12.7 Å². The van der Waals surface area contributed by atoms with Crippen molar-refractivity contribution in [2.75, 3.05) is 25.1 Å². The number of nitrogens with one attached hydrogen (secondary N) is 1. The summed E-state index contributed by atoms with van der Waals surface area (Å²) in [7, 11) is -0.558. The SMILES string of the molecule is CN(C)S(=O)(=O)c1c(N)nsc1NC1CCCCC1. The highest BCUT2D eigenvalue weighted by Gasteiger charge is 2.28. The van der Waals surface area contributed by atoms with E-state index in [1.54, 1.807) is 0 Å². The number of hydrogen-bond acceptors (Lipinski definition) is 6. The lowest BCUT2D eigenvalue weighted by Gasteiger charge is -2.23. The standard InChI is InChI=1S/C11H20N4O2S2/c1-15(2)19(16,17)9-10(12)14-18-11(9)13-8-6-4-3-5-7-8/h8,13H,3-7H2,1-2H3,(H2,12,14). The number of sulfonamides is 1. The van der Waals surface area contributed by atoms with Crippen molar-refractivity contribution in [2.24, 2.45) is 0 Å². The second-order valence-electron chi connectivity index (χ2n) is 4.99. The van der Waals surface area contributed by atoms with Crippen LogP contribution in [0.1, 0.15) is 32.1 Å². The van der Waals surface area contributed by atoms with Gasteiger partial charge >= 0.3 is 0 Å². The Bertz CT molecular complexity index is 533. The fourth-order valence-corrected chi connectivity index (χ4v) is 4.39. The Labute approximate surface area is 118 Å². The molecule has 0 aliphatic heterocycles. The molecule has 2 rings (SSSR count). The van der Waals surface area contributed by atoms with E-state index in [1.807, 2.05) is 0 Å². The molecule has 108 valence electrons. The fourth-order valence-electron chi connectivity index (χ4n) is 2.25. The summed E-state index contributed by atoms with van der Waals surface area (Å²) in [5.41, 5.74) is 5.72. The van der Waals surface area contributed by atoms with E-state index in [4.69, 9.17) is 5.73 Å². The van der Waals surface area contributed by atoms with Crippen LogP contribution in [0.4, 0.5) is 10.8 Å². The molecule has 1 aromatic heterocycles. The number of anilines is 2. The Morgan fingerprint density at radius 2 is 1.95 bits per heavy atom. The Morgan fingerprint density at radius 1 is 1.32 bits per heavy atom. The lowest BCUT2D eigenvalue weighted by Crippen LogP contribution is -2.26. The predicted octanol–water partition coefficient (Wildman–Crippen LogP) is 1.72. The van der Waals surface area contributed by atoms with E-state index in [-0.39, 0.29) is 10.7 Å². The van der Waals surface area contributed by atoms with Crippen molar-refractivity contribution in [1.29, 1.82) is 0 Å². The van der Waals surface area contributed by atoms with Crippen molar-refractivity contribution < 1.29 is 8.42 Å². The molecule has 0 aromatic carbocycles. The van der Waals surface area contributed by atoms with Crippen LogP contribution in [0, 0.1) is 0 Å². The number of nitrogens with zero attached hydrogens (tertiary/aromatic N) is 2. The van der Waals surface area contributed by atoms with Gasteiger partial charge in [0.2, 0.25) is 10.0 Å². The first-order valence-corrected chi connectivity index (χ1v) is 8.58. The topological polar surface area (TPSA) is 88.3 Å². The van der Waals surface area contributed by atoms with Gasteiger partial charge in [-0.2, -0.15) is 4.37 Å². The van der Waals surface area contributed by atoms with E-state index in [1.165, 1.54) is 37.7 Å². The summed E-state index contributed by atoms with van der Waals surface area (Å²) in [6, 6.07) is 0.324. The van der Waals surface area contributed by atoms with Crippen molar-refractivity contribution in [3.63, 3.8) is 0 Å². The largest absolute Gasteiger partial charge is 0.382 e. The summed E-state index contributed by atoms with van der Waals surface area (Å²) >= 11 is 1.12. The molecular weight excluding hydrogens is 284 g/mol. The van der Waals surface area contributed by atoms with Crippen molar-refractivity contribution in [2.45, 2.75) is 43.0 Å². The fraction of sp³-hybridized carbons (Fsp3) is 0.727. The average Bonchev–Trinajstić information content (AvgIpc) is 2.72. The zero-order valence-corrected chi connectivity index (χ0v) is 12.9. The Balaban J connectivity index is 2.27. The van der Waals surface area contributed by atoms with Crippen LogP contribution in [-0.4, -0.2) is 37.2 Å². The molecule has 1 aliphatic rings. The molecule has 0 radical (unpaired) electrons. The Hall–Kier alpha value is -0.860. The molecule has 0 unspecified atom stereocenters. The van der Waals surface area contributed by atoms with Crippen LogP contribution in [0.3, 0.4) is 0 Å². The highest BCUT2D eigenvalue weighted by atomic mass is 32.2. The van der Waals surface area contributed by atoms with Crippen LogP contribution in [0.5, 0.6) is 0 Å². The van der Waals surface area contributed by atoms with Crippen molar-refractivity contribution >= 4 is 32.4 Å². The molecule has 0 saturated heterocycles. The third-order valence-electron chi connectivity index (χ3n) is 3.35. The van der Waals surface area contributed by atoms with Crippen LogP contribution in [-0.2, 0) is 10.0 Å². The molecule has 0 bridgehead atoms. The van der Waals surface area contributed by atoms with Crippen molar-refractivity contribution in [3.8, 4) is 0 Å². The van der Waals surface area contributed by atoms with Crippen LogP contribution < -0.4 is 11.1 Å². The first-order valence-electron chi connectivity index (χ1n) is 6.37. The maximum absolute atomic E-state index is 12.2. The summed E-state index contributed by atoms with van der Waals surface area (Å²) in [5, 5.41) is 3.87. The van der Waals surface area contributed by atoms with E-state index >= 15 is 0 Å². The lowest BCUT2D eigenvalue weighted by atomic mass is 9.96. The molecule has 19 heavy (non-hydrogen) atoms. The van der Waals surface area contributed by atoms with Gasteiger partial charge in [-0.1, -0.05) is 19.3 Å². The summed E-state index contributed by atoms with van der Waals surface area (Å²) < 4.78 is 29.6. The zero-order valence-electron chi connectivity index (χ0n) is 11.2. The predicted molar refractivity (Wildman–Crippen MR) is 77.9 cm³/mol. The third-order valence-corrected chi connectivity index (χ3v) is 6.17. The van der Waals surface area contributed by atoms with E-state index in [2.05, 4.69) is 9.69 Å². The minimum absolute atomic E-state index is 0.0806. The number of nitrogen functional groups attached to an aromatic ring is 1. The molecule has 8 heteroatoms. The van der Waals surface area contributed by atoms with Gasteiger partial charge in [0, 0.05) is 20.1 Å². The normalized spacial score (nSPS) is 17.8. The highest BCUT2D eigenvalue weighted by Crippen LogP contribution is 2.34. The summed E-state index contributed by atoms with van der Waals surface area (Å²) in [4.78, 5) is 0.119. The van der Waals surface area contributed by atoms with Gasteiger partial charge in [-0.15, -0.1) is 0 Å². The zero-order chi connectivity index (χ0) is 14.0. The molecule has 6 nitrogen and oxygen atoms in total. The van der Waals surface area contributed by atoms with Gasteiger partial charge < -0.3 is 11.1 Å². The molecule has 1 heterocycles. The Morgan fingerprint density at radius 3 is 2.53 bits per heavy atom. The van der Waals surface area contributed by atoms with E-state index < -0.39 is 10.0 Å². The molecule has 3 N–H and O–H groups in total. The molecule has 0 atom stereocenters. The number of rotatable bonds is 4. The van der Waals surface area contributed by atoms with Gasteiger partial charge in [0.25, 0.3) is 0 Å². The minimum atomic E-state index is -3.55. The first kappa shape index (κ1) is 14.5. The minimum Gasteiger partial charge on any atom is -0.382 e. The van der Waals surface area contributed by atoms with Crippen molar-refractivity contribution in [1.82, 2.24) is 8.68 Å². The highest BCUT2D eigenvalue weighted by molar-refractivity contribution is 7.89. The summed E-state index contributed by atoms with van der Waals surface area (Å²) in [6.07, 6.45) is 5.76. The monoisotopic (exact) mass is 304 g/mol. The number of hydrogen-bond donors (Lipinski definition) is 2. The quantitative estimate of drug-likeness (QED) is 0.884. The number of aromatic nitrogens is 1. The smallest absolute Gasteiger partial charge is 0.249 e. The van der Waals surface area contributed by atoms with Crippen LogP contribution >= 0.6 is 11.5 Å². The van der Waals surface area contributed by atoms with Crippen LogP contribution in [0.15, 0.2) is 4.90 Å². The maximum Gasteiger partial charge on any atom is 0.249 e.